The summed E-state index contributed by atoms with van der Waals surface area (Å²) in [6.07, 6.45) is 5.06. The van der Waals surface area contributed by atoms with Crippen molar-refractivity contribution in [3.05, 3.63) is 71.8 Å². The summed E-state index contributed by atoms with van der Waals surface area (Å²) in [7, 11) is 0. The lowest BCUT2D eigenvalue weighted by molar-refractivity contribution is -0.142. The van der Waals surface area contributed by atoms with Gasteiger partial charge in [-0.3, -0.25) is 4.79 Å². The number of benzene rings is 2. The van der Waals surface area contributed by atoms with Crippen LogP contribution in [0.2, 0.25) is 0 Å². The van der Waals surface area contributed by atoms with Crippen molar-refractivity contribution in [2.24, 2.45) is 0 Å². The number of rotatable bonds is 8. The Morgan fingerprint density at radius 2 is 1.91 bits per heavy atom. The molecule has 0 unspecified atom stereocenters. The van der Waals surface area contributed by atoms with Crippen molar-refractivity contribution in [2.75, 3.05) is 6.61 Å². The van der Waals surface area contributed by atoms with Crippen LogP contribution in [0.3, 0.4) is 0 Å². The van der Waals surface area contributed by atoms with Crippen LogP contribution in [0, 0.1) is 0 Å². The molecule has 0 aromatic heterocycles. The second-order valence-corrected chi connectivity index (χ2v) is 5.09. The maximum absolute atomic E-state index is 11.3. The van der Waals surface area contributed by atoms with Gasteiger partial charge in [-0.1, -0.05) is 54.6 Å². The maximum atomic E-state index is 11.3. The summed E-state index contributed by atoms with van der Waals surface area (Å²) in [5, 5.41) is 0. The lowest BCUT2D eigenvalue weighted by Crippen LogP contribution is -2.02. The fourth-order valence-corrected chi connectivity index (χ4v) is 2.10. The van der Waals surface area contributed by atoms with Crippen LogP contribution in [0.5, 0.6) is 5.75 Å². The highest BCUT2D eigenvalue weighted by molar-refractivity contribution is 5.69. The SMILES string of the molecule is CCOC(=O)CCC=Cc1cccc(OCc2ccccc2)c1. The van der Waals surface area contributed by atoms with E-state index in [-0.39, 0.29) is 5.97 Å². The van der Waals surface area contributed by atoms with Crippen LogP contribution in [0.4, 0.5) is 0 Å². The lowest BCUT2D eigenvalue weighted by atomic mass is 10.1. The number of ether oxygens (including phenoxy) is 2. The summed E-state index contributed by atoms with van der Waals surface area (Å²) in [6, 6.07) is 18.0. The van der Waals surface area contributed by atoms with Crippen molar-refractivity contribution in [1.29, 1.82) is 0 Å². The topological polar surface area (TPSA) is 35.5 Å². The number of esters is 1. The summed E-state index contributed by atoms with van der Waals surface area (Å²) in [5.74, 6) is 0.679. The highest BCUT2D eigenvalue weighted by Crippen LogP contribution is 2.16. The zero-order valence-corrected chi connectivity index (χ0v) is 13.4. The molecule has 120 valence electrons. The molecule has 0 spiro atoms. The molecule has 0 bridgehead atoms. The highest BCUT2D eigenvalue weighted by atomic mass is 16.5. The smallest absolute Gasteiger partial charge is 0.306 e. The molecule has 0 atom stereocenters. The fraction of sp³-hybridized carbons (Fsp3) is 0.250. The van der Waals surface area contributed by atoms with E-state index in [1.54, 1.807) is 0 Å². The average Bonchev–Trinajstić information content (AvgIpc) is 2.59. The Labute approximate surface area is 137 Å². The van der Waals surface area contributed by atoms with E-state index in [2.05, 4.69) is 0 Å². The Morgan fingerprint density at radius 3 is 2.70 bits per heavy atom. The first kappa shape index (κ1) is 16.8. The number of hydrogen-bond donors (Lipinski definition) is 0. The van der Waals surface area contributed by atoms with Crippen molar-refractivity contribution >= 4 is 12.0 Å². The molecule has 2 rings (SSSR count). The maximum Gasteiger partial charge on any atom is 0.306 e. The van der Waals surface area contributed by atoms with Gasteiger partial charge in [0.05, 0.1) is 6.61 Å². The van der Waals surface area contributed by atoms with Gasteiger partial charge >= 0.3 is 5.97 Å². The predicted molar refractivity (Wildman–Crippen MR) is 92.1 cm³/mol. The van der Waals surface area contributed by atoms with Crippen LogP contribution < -0.4 is 4.74 Å². The van der Waals surface area contributed by atoms with Gasteiger partial charge in [-0.25, -0.2) is 0 Å². The highest BCUT2D eigenvalue weighted by Gasteiger charge is 1.99. The first-order valence-electron chi connectivity index (χ1n) is 7.87. The Kier molecular flexibility index (Phi) is 6.92. The number of allylic oxidation sites excluding steroid dienone is 1. The molecule has 2 aromatic carbocycles. The summed E-state index contributed by atoms with van der Waals surface area (Å²) >= 11 is 0. The minimum atomic E-state index is -0.155. The average molecular weight is 310 g/mol. The van der Waals surface area contributed by atoms with Gasteiger partial charge in [0, 0.05) is 6.42 Å². The van der Waals surface area contributed by atoms with Gasteiger partial charge < -0.3 is 9.47 Å². The van der Waals surface area contributed by atoms with Gasteiger partial charge in [-0.2, -0.15) is 0 Å². The molecule has 0 heterocycles. The molecular formula is C20H22O3. The summed E-state index contributed by atoms with van der Waals surface area (Å²) in [6.45, 7) is 2.80. The monoisotopic (exact) mass is 310 g/mol. The molecule has 0 N–H and O–H groups in total. The molecule has 0 saturated carbocycles. The van der Waals surface area contributed by atoms with Gasteiger partial charge in [0.1, 0.15) is 12.4 Å². The van der Waals surface area contributed by atoms with Crippen LogP contribution in [0.25, 0.3) is 6.08 Å². The van der Waals surface area contributed by atoms with Crippen molar-refractivity contribution in [1.82, 2.24) is 0 Å². The van der Waals surface area contributed by atoms with Crippen molar-refractivity contribution < 1.29 is 14.3 Å². The third-order valence-corrected chi connectivity index (χ3v) is 3.24. The molecule has 3 nitrogen and oxygen atoms in total. The van der Waals surface area contributed by atoms with E-state index in [1.807, 2.05) is 73.7 Å². The van der Waals surface area contributed by atoms with Gasteiger partial charge in [0.25, 0.3) is 0 Å². The largest absolute Gasteiger partial charge is 0.489 e. The van der Waals surface area contributed by atoms with E-state index in [1.165, 1.54) is 0 Å². The molecule has 23 heavy (non-hydrogen) atoms. The standard InChI is InChI=1S/C20H22O3/c1-2-22-20(21)14-7-6-9-17-12-8-13-19(15-17)23-16-18-10-4-3-5-11-18/h3-6,8-13,15H,2,7,14,16H2,1H3. The first-order chi connectivity index (χ1) is 11.3. The molecule has 0 aliphatic heterocycles. The Morgan fingerprint density at radius 1 is 1.09 bits per heavy atom. The molecular weight excluding hydrogens is 288 g/mol. The Balaban J connectivity index is 1.83. The molecule has 0 aliphatic rings. The van der Waals surface area contributed by atoms with Gasteiger partial charge in [-0.15, -0.1) is 0 Å². The van der Waals surface area contributed by atoms with Crippen LogP contribution in [-0.4, -0.2) is 12.6 Å². The third kappa shape index (κ3) is 6.39. The zero-order chi connectivity index (χ0) is 16.3. The quantitative estimate of drug-likeness (QED) is 0.667. The minimum Gasteiger partial charge on any atom is -0.489 e. The first-order valence-corrected chi connectivity index (χ1v) is 7.87. The van der Waals surface area contributed by atoms with E-state index < -0.39 is 0 Å². The van der Waals surface area contributed by atoms with Crippen molar-refractivity contribution in [3.63, 3.8) is 0 Å². The lowest BCUT2D eigenvalue weighted by Gasteiger charge is -2.07. The summed E-state index contributed by atoms with van der Waals surface area (Å²) in [4.78, 5) is 11.3. The molecule has 0 aliphatic carbocycles. The predicted octanol–water partition coefficient (Wildman–Crippen LogP) is 4.62. The van der Waals surface area contributed by atoms with Crippen molar-refractivity contribution in [3.8, 4) is 5.75 Å². The Hall–Kier alpha value is -2.55. The van der Waals surface area contributed by atoms with Crippen LogP contribution in [-0.2, 0) is 16.1 Å². The van der Waals surface area contributed by atoms with E-state index >= 15 is 0 Å². The number of carbonyl (C=O) groups is 1. The molecule has 0 radical (unpaired) electrons. The zero-order valence-electron chi connectivity index (χ0n) is 13.4. The third-order valence-electron chi connectivity index (χ3n) is 3.24. The van der Waals surface area contributed by atoms with Gasteiger partial charge in [-0.05, 0) is 36.6 Å². The molecule has 0 saturated heterocycles. The van der Waals surface area contributed by atoms with Gasteiger partial charge in [0.15, 0.2) is 0 Å². The van der Waals surface area contributed by atoms with Crippen LogP contribution >= 0.6 is 0 Å². The normalized spacial score (nSPS) is 10.7. The molecule has 0 fully saturated rings. The fourth-order valence-electron chi connectivity index (χ4n) is 2.10. The van der Waals surface area contributed by atoms with E-state index in [9.17, 15) is 4.79 Å². The van der Waals surface area contributed by atoms with E-state index in [0.717, 1.165) is 16.9 Å². The van der Waals surface area contributed by atoms with E-state index in [0.29, 0.717) is 26.1 Å². The summed E-state index contributed by atoms with van der Waals surface area (Å²) < 4.78 is 10.7. The van der Waals surface area contributed by atoms with Crippen LogP contribution in [0.15, 0.2) is 60.7 Å². The van der Waals surface area contributed by atoms with Crippen LogP contribution in [0.1, 0.15) is 30.9 Å². The molecule has 0 amide bonds. The summed E-state index contributed by atoms with van der Waals surface area (Å²) in [5.41, 5.74) is 2.20. The van der Waals surface area contributed by atoms with E-state index in [4.69, 9.17) is 9.47 Å². The molecule has 3 heteroatoms. The minimum absolute atomic E-state index is 0.155. The van der Waals surface area contributed by atoms with Gasteiger partial charge in [0.2, 0.25) is 0 Å². The Bertz CT molecular complexity index is 632. The number of carbonyl (C=O) groups excluding carboxylic acids is 1. The molecule has 2 aromatic rings. The second kappa shape index (κ2) is 9.46. The number of hydrogen-bond acceptors (Lipinski definition) is 3. The van der Waals surface area contributed by atoms with Crippen molar-refractivity contribution in [2.45, 2.75) is 26.4 Å². The second-order valence-electron chi connectivity index (χ2n) is 5.09.